The Hall–Kier alpha value is -1.41. The minimum Gasteiger partial charge on any atom is -0.371 e. The normalized spacial score (nSPS) is 23.2. The molecule has 7 nitrogen and oxygen atoms in total. The second kappa shape index (κ2) is 3.54. The lowest BCUT2D eigenvalue weighted by Gasteiger charge is -2.15. The SMILES string of the molecule is NC(=S)N1OC(=O)CC(N)C(=O)O1. The molecule has 13 heavy (non-hydrogen) atoms. The van der Waals surface area contributed by atoms with E-state index in [1.54, 1.807) is 0 Å². The van der Waals surface area contributed by atoms with Crippen molar-refractivity contribution < 1.29 is 19.3 Å². The molecule has 72 valence electrons. The minimum absolute atomic E-state index is 0.266. The summed E-state index contributed by atoms with van der Waals surface area (Å²) in [5, 5.41) is -0.0110. The van der Waals surface area contributed by atoms with Crippen molar-refractivity contribution in [1.29, 1.82) is 0 Å². The maximum Gasteiger partial charge on any atom is 0.353 e. The van der Waals surface area contributed by atoms with Crippen molar-refractivity contribution in [2.75, 3.05) is 0 Å². The van der Waals surface area contributed by atoms with Crippen LogP contribution in [0.3, 0.4) is 0 Å². The van der Waals surface area contributed by atoms with Gasteiger partial charge in [0.1, 0.15) is 6.04 Å². The Morgan fingerprint density at radius 3 is 2.69 bits per heavy atom. The van der Waals surface area contributed by atoms with Crippen LogP contribution < -0.4 is 11.5 Å². The molecule has 1 aliphatic rings. The van der Waals surface area contributed by atoms with Crippen molar-refractivity contribution in [3.63, 3.8) is 0 Å². The molecule has 0 bridgehead atoms. The third-order valence-corrected chi connectivity index (χ3v) is 1.38. The van der Waals surface area contributed by atoms with Gasteiger partial charge in [-0.1, -0.05) is 0 Å². The van der Waals surface area contributed by atoms with E-state index in [-0.39, 0.29) is 11.5 Å². The Labute approximate surface area is 78.4 Å². The zero-order valence-electron chi connectivity index (χ0n) is 6.43. The number of carbonyl (C=O) groups excluding carboxylic acids is 2. The number of hydrogen-bond donors (Lipinski definition) is 2. The largest absolute Gasteiger partial charge is 0.371 e. The van der Waals surface area contributed by atoms with E-state index in [2.05, 4.69) is 21.9 Å². The maximum atomic E-state index is 10.9. The Kier molecular flexibility index (Phi) is 2.63. The van der Waals surface area contributed by atoms with E-state index in [1.807, 2.05) is 0 Å². The molecule has 1 heterocycles. The van der Waals surface area contributed by atoms with E-state index in [0.717, 1.165) is 0 Å². The monoisotopic (exact) mass is 205 g/mol. The van der Waals surface area contributed by atoms with Crippen LogP contribution in [0.5, 0.6) is 0 Å². The molecule has 1 rings (SSSR count). The first-order chi connectivity index (χ1) is 6.00. The molecular weight excluding hydrogens is 198 g/mol. The first kappa shape index (κ1) is 9.68. The Balaban J connectivity index is 2.76. The fraction of sp³-hybridized carbons (Fsp3) is 0.400. The zero-order valence-corrected chi connectivity index (χ0v) is 7.24. The highest BCUT2D eigenvalue weighted by molar-refractivity contribution is 7.80. The summed E-state index contributed by atoms with van der Waals surface area (Å²) in [6.07, 6.45) is -0.266. The average molecular weight is 205 g/mol. The van der Waals surface area contributed by atoms with Crippen molar-refractivity contribution in [2.24, 2.45) is 11.5 Å². The van der Waals surface area contributed by atoms with Gasteiger partial charge in [0.25, 0.3) is 0 Å². The van der Waals surface area contributed by atoms with E-state index >= 15 is 0 Å². The first-order valence-electron chi connectivity index (χ1n) is 3.28. The van der Waals surface area contributed by atoms with Crippen LogP contribution in [-0.4, -0.2) is 28.3 Å². The van der Waals surface area contributed by atoms with Crippen molar-refractivity contribution in [3.8, 4) is 0 Å². The van der Waals surface area contributed by atoms with Gasteiger partial charge in [-0.05, 0) is 12.2 Å². The van der Waals surface area contributed by atoms with Crippen LogP contribution in [0, 0.1) is 0 Å². The Morgan fingerprint density at radius 1 is 1.54 bits per heavy atom. The fourth-order valence-electron chi connectivity index (χ4n) is 0.651. The van der Waals surface area contributed by atoms with E-state index in [0.29, 0.717) is 5.23 Å². The highest BCUT2D eigenvalue weighted by Crippen LogP contribution is 2.06. The van der Waals surface area contributed by atoms with Crippen LogP contribution in [0.15, 0.2) is 0 Å². The number of nitrogens with two attached hydrogens (primary N) is 2. The van der Waals surface area contributed by atoms with E-state index in [4.69, 9.17) is 11.5 Å². The molecule has 0 aromatic rings. The van der Waals surface area contributed by atoms with Crippen molar-refractivity contribution >= 4 is 29.3 Å². The lowest BCUT2D eigenvalue weighted by Crippen LogP contribution is -2.39. The maximum absolute atomic E-state index is 10.9. The second-order valence-corrected chi connectivity index (χ2v) is 2.70. The summed E-state index contributed by atoms with van der Waals surface area (Å²) < 4.78 is 0. The molecule has 1 unspecified atom stereocenters. The average Bonchev–Trinajstić information content (AvgIpc) is 2.12. The molecule has 8 heteroatoms. The van der Waals surface area contributed by atoms with Gasteiger partial charge in [-0.15, -0.1) is 0 Å². The van der Waals surface area contributed by atoms with Crippen LogP contribution in [-0.2, 0) is 19.3 Å². The lowest BCUT2D eigenvalue weighted by atomic mass is 10.2. The summed E-state index contributed by atoms with van der Waals surface area (Å²) in [7, 11) is 0. The summed E-state index contributed by atoms with van der Waals surface area (Å²) in [5.41, 5.74) is 10.3. The summed E-state index contributed by atoms with van der Waals surface area (Å²) >= 11 is 4.43. The van der Waals surface area contributed by atoms with Gasteiger partial charge in [0.15, 0.2) is 0 Å². The molecule has 0 saturated carbocycles. The molecule has 1 aliphatic heterocycles. The van der Waals surface area contributed by atoms with Gasteiger partial charge in [-0.2, -0.15) is 0 Å². The molecule has 0 aliphatic carbocycles. The molecule has 1 fully saturated rings. The topological polar surface area (TPSA) is 108 Å². The molecule has 4 N–H and O–H groups in total. The number of nitrogens with zero attached hydrogens (tertiary/aromatic N) is 1. The third-order valence-electron chi connectivity index (χ3n) is 1.23. The molecule has 1 atom stereocenters. The molecule has 0 spiro atoms. The lowest BCUT2D eigenvalue weighted by molar-refractivity contribution is -0.274. The number of carbonyl (C=O) groups is 2. The second-order valence-electron chi connectivity index (χ2n) is 2.28. The first-order valence-corrected chi connectivity index (χ1v) is 3.69. The van der Waals surface area contributed by atoms with Gasteiger partial charge < -0.3 is 21.1 Å². The number of rotatable bonds is 0. The van der Waals surface area contributed by atoms with Gasteiger partial charge in [0.05, 0.1) is 6.42 Å². The van der Waals surface area contributed by atoms with E-state index < -0.39 is 18.0 Å². The quantitative estimate of drug-likeness (QED) is 0.445. The molecule has 0 amide bonds. The van der Waals surface area contributed by atoms with Crippen LogP contribution in [0.25, 0.3) is 0 Å². The summed E-state index contributed by atoms with van der Waals surface area (Å²) in [4.78, 5) is 30.6. The Morgan fingerprint density at radius 2 is 2.15 bits per heavy atom. The number of hydroxylamine groups is 2. The number of hydrogen-bond acceptors (Lipinski definition) is 6. The van der Waals surface area contributed by atoms with Crippen LogP contribution in [0.2, 0.25) is 0 Å². The van der Waals surface area contributed by atoms with Gasteiger partial charge in [0, 0.05) is 5.23 Å². The summed E-state index contributed by atoms with van der Waals surface area (Å²) in [6, 6.07) is -1.05. The minimum atomic E-state index is -1.05. The third kappa shape index (κ3) is 2.26. The fourth-order valence-corrected chi connectivity index (χ4v) is 0.725. The van der Waals surface area contributed by atoms with Crippen molar-refractivity contribution in [2.45, 2.75) is 12.5 Å². The molecular formula is C5H7N3O4S. The number of thiocarbonyl (C=S) groups is 1. The van der Waals surface area contributed by atoms with E-state index in [1.165, 1.54) is 0 Å². The smallest absolute Gasteiger partial charge is 0.353 e. The standard InChI is InChI=1S/C5H7N3O4S/c6-2-1-3(9)11-8(5(7)13)12-4(2)10/h2H,1,6H2,(H2,7,13). The Bertz CT molecular complexity index is 269. The van der Waals surface area contributed by atoms with Crippen molar-refractivity contribution in [3.05, 3.63) is 0 Å². The van der Waals surface area contributed by atoms with Gasteiger partial charge in [-0.3, -0.25) is 0 Å². The van der Waals surface area contributed by atoms with Crippen molar-refractivity contribution in [1.82, 2.24) is 5.23 Å². The summed E-state index contributed by atoms with van der Waals surface area (Å²) in [5.74, 6) is -1.55. The zero-order chi connectivity index (χ0) is 10.0. The molecule has 0 aromatic carbocycles. The van der Waals surface area contributed by atoms with Crippen LogP contribution in [0.4, 0.5) is 0 Å². The van der Waals surface area contributed by atoms with Crippen LogP contribution >= 0.6 is 12.2 Å². The van der Waals surface area contributed by atoms with Gasteiger partial charge >= 0.3 is 11.9 Å². The highest BCUT2D eigenvalue weighted by atomic mass is 32.1. The van der Waals surface area contributed by atoms with Gasteiger partial charge in [0.2, 0.25) is 5.11 Å². The predicted molar refractivity (Wildman–Crippen MR) is 43.4 cm³/mol. The predicted octanol–water partition coefficient (Wildman–Crippen LogP) is -1.82. The molecule has 1 saturated heterocycles. The molecule has 0 aromatic heterocycles. The van der Waals surface area contributed by atoms with E-state index in [9.17, 15) is 9.59 Å². The molecule has 0 radical (unpaired) electrons. The highest BCUT2D eigenvalue weighted by Gasteiger charge is 2.30. The van der Waals surface area contributed by atoms with Crippen LogP contribution in [0.1, 0.15) is 6.42 Å². The van der Waals surface area contributed by atoms with Gasteiger partial charge in [-0.25, -0.2) is 9.59 Å². The summed E-state index contributed by atoms with van der Waals surface area (Å²) in [6.45, 7) is 0.